The standard InChI is InChI=1S/C14H8F4N2O/c15-9-4-10(20)6-11(5-9)21-13-2-1-8(7-19)3-12(13)14(16,17)18/h1-6H,20H2. The highest BCUT2D eigenvalue weighted by Gasteiger charge is 2.35. The minimum Gasteiger partial charge on any atom is -0.457 e. The van der Waals surface area contributed by atoms with Gasteiger partial charge in [-0.3, -0.25) is 0 Å². The Kier molecular flexibility index (Phi) is 3.72. The van der Waals surface area contributed by atoms with Gasteiger partial charge in [0.05, 0.1) is 17.2 Å². The third-order valence-electron chi connectivity index (χ3n) is 2.54. The van der Waals surface area contributed by atoms with Crippen LogP contribution in [-0.2, 0) is 6.18 Å². The summed E-state index contributed by atoms with van der Waals surface area (Å²) in [6, 6.07) is 7.57. The second-order valence-corrected chi connectivity index (χ2v) is 4.14. The quantitative estimate of drug-likeness (QED) is 0.670. The van der Waals surface area contributed by atoms with Crippen LogP contribution in [0.4, 0.5) is 23.2 Å². The smallest absolute Gasteiger partial charge is 0.420 e. The molecule has 0 fully saturated rings. The van der Waals surface area contributed by atoms with Crippen LogP contribution in [0.1, 0.15) is 11.1 Å². The lowest BCUT2D eigenvalue weighted by molar-refractivity contribution is -0.138. The Balaban J connectivity index is 2.46. The zero-order valence-corrected chi connectivity index (χ0v) is 10.4. The van der Waals surface area contributed by atoms with E-state index in [4.69, 9.17) is 15.7 Å². The monoisotopic (exact) mass is 296 g/mol. The maximum atomic E-state index is 13.2. The van der Waals surface area contributed by atoms with Crippen LogP contribution in [0.5, 0.6) is 11.5 Å². The summed E-state index contributed by atoms with van der Waals surface area (Å²) in [5, 5.41) is 8.66. The highest BCUT2D eigenvalue weighted by molar-refractivity contribution is 5.49. The summed E-state index contributed by atoms with van der Waals surface area (Å²) in [6.45, 7) is 0. The summed E-state index contributed by atoms with van der Waals surface area (Å²) >= 11 is 0. The summed E-state index contributed by atoms with van der Waals surface area (Å²) in [5.41, 5.74) is 4.14. The van der Waals surface area contributed by atoms with Gasteiger partial charge in [-0.1, -0.05) is 0 Å². The molecule has 0 saturated heterocycles. The first kappa shape index (κ1) is 14.7. The number of hydrogen-bond donors (Lipinski definition) is 1. The third-order valence-corrected chi connectivity index (χ3v) is 2.54. The molecule has 2 rings (SSSR count). The van der Waals surface area contributed by atoms with Gasteiger partial charge in [0.15, 0.2) is 0 Å². The molecule has 0 aliphatic rings. The van der Waals surface area contributed by atoms with E-state index in [1.165, 1.54) is 12.1 Å². The van der Waals surface area contributed by atoms with Gasteiger partial charge in [-0.05, 0) is 24.3 Å². The minimum atomic E-state index is -4.71. The van der Waals surface area contributed by atoms with Crippen molar-refractivity contribution in [2.24, 2.45) is 0 Å². The molecule has 2 aromatic rings. The number of alkyl halides is 3. The van der Waals surface area contributed by atoms with Crippen molar-refractivity contribution < 1.29 is 22.3 Å². The van der Waals surface area contributed by atoms with Crippen LogP contribution in [0, 0.1) is 17.1 Å². The number of nitriles is 1. The fourth-order valence-electron chi connectivity index (χ4n) is 1.68. The van der Waals surface area contributed by atoms with Crippen molar-refractivity contribution in [3.8, 4) is 17.6 Å². The summed E-state index contributed by atoms with van der Waals surface area (Å²) < 4.78 is 57.0. The maximum Gasteiger partial charge on any atom is 0.420 e. The zero-order valence-electron chi connectivity index (χ0n) is 10.4. The number of hydrogen-bond acceptors (Lipinski definition) is 3. The van der Waals surface area contributed by atoms with Gasteiger partial charge in [-0.15, -0.1) is 0 Å². The van der Waals surface area contributed by atoms with Crippen molar-refractivity contribution >= 4 is 5.69 Å². The molecule has 2 aromatic carbocycles. The number of nitrogens with zero attached hydrogens (tertiary/aromatic N) is 1. The first-order valence-corrected chi connectivity index (χ1v) is 5.65. The Labute approximate surface area is 117 Å². The predicted octanol–water partition coefficient (Wildman–Crippen LogP) is 4.09. The van der Waals surface area contributed by atoms with Crippen LogP contribution in [-0.4, -0.2) is 0 Å². The van der Waals surface area contributed by atoms with E-state index in [2.05, 4.69) is 0 Å². The molecule has 2 N–H and O–H groups in total. The summed E-state index contributed by atoms with van der Waals surface area (Å²) in [6.07, 6.45) is -4.71. The van der Waals surface area contributed by atoms with Gasteiger partial charge in [0.2, 0.25) is 0 Å². The molecular formula is C14H8F4N2O. The highest BCUT2D eigenvalue weighted by atomic mass is 19.4. The summed E-state index contributed by atoms with van der Waals surface area (Å²) in [4.78, 5) is 0. The largest absolute Gasteiger partial charge is 0.457 e. The normalized spacial score (nSPS) is 11.0. The fourth-order valence-corrected chi connectivity index (χ4v) is 1.68. The van der Waals surface area contributed by atoms with Crippen molar-refractivity contribution in [2.45, 2.75) is 6.18 Å². The van der Waals surface area contributed by atoms with Crippen molar-refractivity contribution in [1.29, 1.82) is 5.26 Å². The molecule has 0 aliphatic heterocycles. The van der Waals surface area contributed by atoms with E-state index in [1.54, 1.807) is 6.07 Å². The maximum absolute atomic E-state index is 13.2. The van der Waals surface area contributed by atoms with Crippen LogP contribution >= 0.6 is 0 Å². The average Bonchev–Trinajstić information content (AvgIpc) is 2.36. The van der Waals surface area contributed by atoms with Crippen molar-refractivity contribution in [2.75, 3.05) is 5.73 Å². The molecule has 0 unspecified atom stereocenters. The number of nitrogen functional groups attached to an aromatic ring is 1. The van der Waals surface area contributed by atoms with E-state index < -0.39 is 23.3 Å². The Hall–Kier alpha value is -2.75. The van der Waals surface area contributed by atoms with E-state index >= 15 is 0 Å². The van der Waals surface area contributed by atoms with E-state index in [9.17, 15) is 17.6 Å². The van der Waals surface area contributed by atoms with Crippen molar-refractivity contribution in [3.05, 3.63) is 53.3 Å². The Morgan fingerprint density at radius 2 is 1.81 bits per heavy atom. The molecule has 21 heavy (non-hydrogen) atoms. The Bertz CT molecular complexity index is 700. The van der Waals surface area contributed by atoms with Crippen LogP contribution in [0.15, 0.2) is 36.4 Å². The van der Waals surface area contributed by atoms with E-state index in [-0.39, 0.29) is 17.0 Å². The highest BCUT2D eigenvalue weighted by Crippen LogP contribution is 2.39. The topological polar surface area (TPSA) is 59.0 Å². The second kappa shape index (κ2) is 5.32. The Morgan fingerprint density at radius 1 is 1.10 bits per heavy atom. The van der Waals surface area contributed by atoms with Crippen LogP contribution < -0.4 is 10.5 Å². The molecule has 7 heteroatoms. The predicted molar refractivity (Wildman–Crippen MR) is 67.0 cm³/mol. The lowest BCUT2D eigenvalue weighted by atomic mass is 10.1. The molecule has 0 atom stereocenters. The lowest BCUT2D eigenvalue weighted by Gasteiger charge is -2.14. The van der Waals surface area contributed by atoms with Crippen molar-refractivity contribution in [3.63, 3.8) is 0 Å². The van der Waals surface area contributed by atoms with E-state index in [0.717, 1.165) is 18.2 Å². The molecular weight excluding hydrogens is 288 g/mol. The molecule has 0 heterocycles. The SMILES string of the molecule is N#Cc1ccc(Oc2cc(N)cc(F)c2)c(C(F)(F)F)c1. The summed E-state index contributed by atoms with van der Waals surface area (Å²) in [5.74, 6) is -1.43. The summed E-state index contributed by atoms with van der Waals surface area (Å²) in [7, 11) is 0. The average molecular weight is 296 g/mol. The molecule has 0 aliphatic carbocycles. The molecule has 0 radical (unpaired) electrons. The van der Waals surface area contributed by atoms with Gasteiger partial charge >= 0.3 is 6.18 Å². The molecule has 0 bridgehead atoms. The Morgan fingerprint density at radius 3 is 2.38 bits per heavy atom. The van der Waals surface area contributed by atoms with Gasteiger partial charge in [0, 0.05) is 17.8 Å². The lowest BCUT2D eigenvalue weighted by Crippen LogP contribution is -2.07. The minimum absolute atomic E-state index is 0.0206. The first-order valence-electron chi connectivity index (χ1n) is 5.65. The van der Waals surface area contributed by atoms with Crippen LogP contribution in [0.25, 0.3) is 0 Å². The first-order chi connectivity index (χ1) is 9.79. The molecule has 0 spiro atoms. The van der Waals surface area contributed by atoms with Gasteiger partial charge in [0.25, 0.3) is 0 Å². The second-order valence-electron chi connectivity index (χ2n) is 4.14. The van der Waals surface area contributed by atoms with Crippen LogP contribution in [0.2, 0.25) is 0 Å². The number of benzene rings is 2. The number of ether oxygens (including phenoxy) is 1. The van der Waals surface area contributed by atoms with Gasteiger partial charge in [0.1, 0.15) is 17.3 Å². The number of nitrogens with two attached hydrogens (primary N) is 1. The number of rotatable bonds is 2. The zero-order chi connectivity index (χ0) is 15.6. The molecule has 0 saturated carbocycles. The van der Waals surface area contributed by atoms with Crippen molar-refractivity contribution in [1.82, 2.24) is 0 Å². The molecule has 3 nitrogen and oxygen atoms in total. The van der Waals surface area contributed by atoms with Crippen LogP contribution in [0.3, 0.4) is 0 Å². The van der Waals surface area contributed by atoms with Gasteiger partial charge in [-0.25, -0.2) is 4.39 Å². The number of halogens is 4. The molecule has 108 valence electrons. The van der Waals surface area contributed by atoms with E-state index in [0.29, 0.717) is 6.07 Å². The van der Waals surface area contributed by atoms with Gasteiger partial charge < -0.3 is 10.5 Å². The third kappa shape index (κ3) is 3.42. The molecule has 0 aromatic heterocycles. The molecule has 0 amide bonds. The van der Waals surface area contributed by atoms with Gasteiger partial charge in [-0.2, -0.15) is 18.4 Å². The fraction of sp³-hybridized carbons (Fsp3) is 0.0714. The number of anilines is 1. The van der Waals surface area contributed by atoms with E-state index in [1.807, 2.05) is 0 Å².